The van der Waals surface area contributed by atoms with Crippen molar-refractivity contribution in [3.8, 4) is 5.75 Å². The highest BCUT2D eigenvalue weighted by Gasteiger charge is 2.20. The van der Waals surface area contributed by atoms with Gasteiger partial charge in [0.15, 0.2) is 0 Å². The zero-order valence-corrected chi connectivity index (χ0v) is 8.94. The van der Waals surface area contributed by atoms with Crippen molar-refractivity contribution in [2.75, 3.05) is 6.54 Å². The van der Waals surface area contributed by atoms with E-state index in [4.69, 9.17) is 10.5 Å². The fraction of sp³-hybridized carbons (Fsp3) is 0.500. The summed E-state index contributed by atoms with van der Waals surface area (Å²) in [5.74, 6) is 0.950. The van der Waals surface area contributed by atoms with Gasteiger partial charge in [0, 0.05) is 6.42 Å². The number of ether oxygens (including phenoxy) is 1. The van der Waals surface area contributed by atoms with Gasteiger partial charge in [-0.15, -0.1) is 0 Å². The molecule has 2 rings (SSSR count). The zero-order chi connectivity index (χ0) is 10.8. The molecule has 0 saturated carbocycles. The molecule has 3 heteroatoms. The first-order valence-corrected chi connectivity index (χ1v) is 5.38. The third-order valence-corrected chi connectivity index (χ3v) is 2.74. The summed E-state index contributed by atoms with van der Waals surface area (Å²) in [5, 5.41) is 9.80. The van der Waals surface area contributed by atoms with Gasteiger partial charge in [-0.05, 0) is 43.1 Å². The van der Waals surface area contributed by atoms with E-state index in [1.54, 1.807) is 0 Å². The minimum Gasteiger partial charge on any atom is -0.490 e. The highest BCUT2D eigenvalue weighted by molar-refractivity contribution is 5.41. The minimum absolute atomic E-state index is 0.252. The number of aliphatic hydroxyl groups excluding tert-OH is 1. The van der Waals surface area contributed by atoms with E-state index in [1.165, 1.54) is 5.56 Å². The molecule has 0 radical (unpaired) electrons. The van der Waals surface area contributed by atoms with Crippen LogP contribution in [-0.2, 0) is 6.42 Å². The Bertz CT molecular complexity index is 351. The van der Waals surface area contributed by atoms with Crippen LogP contribution < -0.4 is 10.5 Å². The average Bonchev–Trinajstić information content (AvgIpc) is 2.57. The number of aliphatic hydroxyl groups is 1. The second-order valence-corrected chi connectivity index (χ2v) is 4.09. The topological polar surface area (TPSA) is 55.5 Å². The van der Waals surface area contributed by atoms with E-state index in [0.29, 0.717) is 13.0 Å². The van der Waals surface area contributed by atoms with Gasteiger partial charge in [-0.1, -0.05) is 6.07 Å². The van der Waals surface area contributed by atoms with Gasteiger partial charge in [0.25, 0.3) is 0 Å². The number of fused-ring (bicyclic) bond motifs is 1. The van der Waals surface area contributed by atoms with Crippen molar-refractivity contribution in [1.82, 2.24) is 0 Å². The third-order valence-electron chi connectivity index (χ3n) is 2.74. The summed E-state index contributed by atoms with van der Waals surface area (Å²) in [6, 6.07) is 5.88. The van der Waals surface area contributed by atoms with Crippen LogP contribution in [0.2, 0.25) is 0 Å². The molecular weight excluding hydrogens is 190 g/mol. The molecule has 15 heavy (non-hydrogen) atoms. The third kappa shape index (κ3) is 2.13. The molecule has 2 atom stereocenters. The fourth-order valence-electron chi connectivity index (χ4n) is 1.97. The maximum absolute atomic E-state index is 9.80. The standard InChI is InChI=1S/C12H17NO2/c1-8-6-10-7-9(11(14)4-5-13)2-3-12(10)15-8/h2-3,7-8,11,14H,4-6,13H2,1H3. The first-order valence-electron chi connectivity index (χ1n) is 5.38. The van der Waals surface area contributed by atoms with Crippen LogP contribution in [0.1, 0.15) is 30.6 Å². The molecule has 2 unspecified atom stereocenters. The SMILES string of the molecule is CC1Cc2cc(C(O)CCN)ccc2O1. The summed E-state index contributed by atoms with van der Waals surface area (Å²) in [6.45, 7) is 2.56. The number of benzene rings is 1. The first-order chi connectivity index (χ1) is 7.20. The molecule has 0 bridgehead atoms. The first kappa shape index (κ1) is 10.5. The molecule has 3 N–H and O–H groups in total. The maximum Gasteiger partial charge on any atom is 0.123 e. The van der Waals surface area contributed by atoms with E-state index in [0.717, 1.165) is 17.7 Å². The second-order valence-electron chi connectivity index (χ2n) is 4.09. The van der Waals surface area contributed by atoms with Gasteiger partial charge in [0.1, 0.15) is 11.9 Å². The Morgan fingerprint density at radius 2 is 2.40 bits per heavy atom. The molecule has 1 aliphatic heterocycles. The van der Waals surface area contributed by atoms with Crippen molar-refractivity contribution in [3.63, 3.8) is 0 Å². The lowest BCUT2D eigenvalue weighted by Crippen LogP contribution is -2.06. The molecule has 1 aromatic rings. The quantitative estimate of drug-likeness (QED) is 0.787. The molecule has 0 aromatic heterocycles. The van der Waals surface area contributed by atoms with Gasteiger partial charge in [0.05, 0.1) is 6.10 Å². The highest BCUT2D eigenvalue weighted by atomic mass is 16.5. The molecule has 3 nitrogen and oxygen atoms in total. The lowest BCUT2D eigenvalue weighted by molar-refractivity contribution is 0.170. The largest absolute Gasteiger partial charge is 0.490 e. The Balaban J connectivity index is 2.19. The summed E-state index contributed by atoms with van der Waals surface area (Å²) in [6.07, 6.45) is 1.34. The molecule has 1 aliphatic rings. The van der Waals surface area contributed by atoms with Crippen LogP contribution in [-0.4, -0.2) is 17.8 Å². The second kappa shape index (κ2) is 4.21. The van der Waals surface area contributed by atoms with Gasteiger partial charge in [-0.2, -0.15) is 0 Å². The van der Waals surface area contributed by atoms with Crippen LogP contribution in [0.4, 0.5) is 0 Å². The highest BCUT2D eigenvalue weighted by Crippen LogP contribution is 2.31. The summed E-state index contributed by atoms with van der Waals surface area (Å²) in [7, 11) is 0. The summed E-state index contributed by atoms with van der Waals surface area (Å²) >= 11 is 0. The van der Waals surface area contributed by atoms with Gasteiger partial charge in [0.2, 0.25) is 0 Å². The summed E-state index contributed by atoms with van der Waals surface area (Å²) in [4.78, 5) is 0. The van der Waals surface area contributed by atoms with Gasteiger partial charge < -0.3 is 15.6 Å². The Labute approximate surface area is 89.9 Å². The van der Waals surface area contributed by atoms with Crippen LogP contribution in [0.15, 0.2) is 18.2 Å². The molecule has 0 fully saturated rings. The van der Waals surface area contributed by atoms with Crippen LogP contribution in [0.5, 0.6) is 5.75 Å². The number of hydrogen-bond donors (Lipinski definition) is 2. The fourth-order valence-corrected chi connectivity index (χ4v) is 1.97. The Morgan fingerprint density at radius 3 is 3.13 bits per heavy atom. The van der Waals surface area contributed by atoms with Crippen molar-refractivity contribution < 1.29 is 9.84 Å². The Hall–Kier alpha value is -1.06. The molecule has 1 heterocycles. The summed E-state index contributed by atoms with van der Waals surface area (Å²) < 4.78 is 5.60. The molecule has 1 aromatic carbocycles. The molecular formula is C12H17NO2. The molecule has 0 aliphatic carbocycles. The van der Waals surface area contributed by atoms with Crippen molar-refractivity contribution in [3.05, 3.63) is 29.3 Å². The number of rotatable bonds is 3. The molecule has 82 valence electrons. The predicted molar refractivity (Wildman–Crippen MR) is 58.9 cm³/mol. The van der Waals surface area contributed by atoms with E-state index < -0.39 is 6.10 Å². The maximum atomic E-state index is 9.80. The molecule has 0 spiro atoms. The van der Waals surface area contributed by atoms with Gasteiger partial charge >= 0.3 is 0 Å². The van der Waals surface area contributed by atoms with Crippen LogP contribution >= 0.6 is 0 Å². The van der Waals surface area contributed by atoms with Crippen molar-refractivity contribution in [1.29, 1.82) is 0 Å². The van der Waals surface area contributed by atoms with Crippen LogP contribution in [0, 0.1) is 0 Å². The monoisotopic (exact) mass is 207 g/mol. The van der Waals surface area contributed by atoms with E-state index in [-0.39, 0.29) is 6.10 Å². The zero-order valence-electron chi connectivity index (χ0n) is 8.94. The normalized spacial score (nSPS) is 20.9. The smallest absolute Gasteiger partial charge is 0.123 e. The Kier molecular flexibility index (Phi) is 2.93. The lowest BCUT2D eigenvalue weighted by Gasteiger charge is -2.10. The van der Waals surface area contributed by atoms with Crippen LogP contribution in [0.3, 0.4) is 0 Å². The minimum atomic E-state index is -0.448. The predicted octanol–water partition coefficient (Wildman–Crippen LogP) is 1.39. The number of nitrogens with two attached hydrogens (primary N) is 1. The molecule has 0 amide bonds. The average molecular weight is 207 g/mol. The van der Waals surface area contributed by atoms with Crippen LogP contribution in [0.25, 0.3) is 0 Å². The molecule has 0 saturated heterocycles. The van der Waals surface area contributed by atoms with Gasteiger partial charge in [-0.25, -0.2) is 0 Å². The van der Waals surface area contributed by atoms with E-state index in [2.05, 4.69) is 6.92 Å². The van der Waals surface area contributed by atoms with Crippen molar-refractivity contribution >= 4 is 0 Å². The van der Waals surface area contributed by atoms with E-state index in [1.807, 2.05) is 18.2 Å². The number of hydrogen-bond acceptors (Lipinski definition) is 3. The van der Waals surface area contributed by atoms with Crippen molar-refractivity contribution in [2.24, 2.45) is 5.73 Å². The lowest BCUT2D eigenvalue weighted by atomic mass is 10.0. The van der Waals surface area contributed by atoms with E-state index >= 15 is 0 Å². The Morgan fingerprint density at radius 1 is 1.60 bits per heavy atom. The van der Waals surface area contributed by atoms with E-state index in [9.17, 15) is 5.11 Å². The summed E-state index contributed by atoms with van der Waals surface area (Å²) in [5.41, 5.74) is 7.55. The van der Waals surface area contributed by atoms with Crippen molar-refractivity contribution in [2.45, 2.75) is 32.0 Å². The van der Waals surface area contributed by atoms with Gasteiger partial charge in [-0.3, -0.25) is 0 Å².